The van der Waals surface area contributed by atoms with Crippen molar-refractivity contribution in [2.24, 2.45) is 10.8 Å². The van der Waals surface area contributed by atoms with Crippen molar-refractivity contribution in [1.82, 2.24) is 15.1 Å². The van der Waals surface area contributed by atoms with E-state index >= 15 is 0 Å². The molecule has 9 heteroatoms. The third-order valence-electron chi connectivity index (χ3n) is 8.86. The summed E-state index contributed by atoms with van der Waals surface area (Å²) >= 11 is 6.32. The van der Waals surface area contributed by atoms with Crippen molar-refractivity contribution in [1.29, 1.82) is 0 Å². The van der Waals surface area contributed by atoms with E-state index in [1.54, 1.807) is 0 Å². The molecule has 0 bridgehead atoms. The number of nitrogens with one attached hydrogen (secondary N) is 1. The van der Waals surface area contributed by atoms with E-state index in [0.717, 1.165) is 88.8 Å². The van der Waals surface area contributed by atoms with Gasteiger partial charge in [-0.05, 0) is 116 Å². The Morgan fingerprint density at radius 1 is 0.732 bits per heavy atom. The van der Waals surface area contributed by atoms with Gasteiger partial charge >= 0.3 is 12.2 Å². The minimum absolute atomic E-state index is 0.145. The summed E-state index contributed by atoms with van der Waals surface area (Å²) in [4.78, 5) is 30.4. The maximum atomic E-state index is 12.3. The number of rotatable bonds is 1. The molecule has 0 aliphatic carbocycles. The lowest BCUT2D eigenvalue weighted by molar-refractivity contribution is 0.0256. The molecule has 230 valence electrons. The molecule has 0 radical (unpaired) electrons. The molecule has 4 heterocycles. The van der Waals surface area contributed by atoms with Gasteiger partial charge < -0.3 is 29.5 Å². The number of anilines is 1. The van der Waals surface area contributed by atoms with Crippen LogP contribution in [0.2, 0.25) is 5.02 Å². The van der Waals surface area contributed by atoms with Crippen LogP contribution in [0.25, 0.3) is 0 Å². The number of piperidine rings is 2. The molecular formula is C32H51ClN4O4. The van der Waals surface area contributed by atoms with Gasteiger partial charge in [0, 0.05) is 39.3 Å². The van der Waals surface area contributed by atoms with Gasteiger partial charge in [0.05, 0.1) is 10.7 Å². The summed E-state index contributed by atoms with van der Waals surface area (Å²) in [6.45, 7) is 19.0. The Labute approximate surface area is 252 Å². The van der Waals surface area contributed by atoms with Crippen molar-refractivity contribution in [3.8, 4) is 0 Å². The van der Waals surface area contributed by atoms with Crippen LogP contribution in [0.5, 0.6) is 0 Å². The Bertz CT molecular complexity index is 1050. The summed E-state index contributed by atoms with van der Waals surface area (Å²) in [5, 5.41) is 4.20. The summed E-state index contributed by atoms with van der Waals surface area (Å²) < 4.78 is 10.9. The molecule has 1 N–H and O–H groups in total. The van der Waals surface area contributed by atoms with E-state index in [9.17, 15) is 9.59 Å². The third kappa shape index (κ3) is 8.66. The number of nitrogens with zero attached hydrogens (tertiary/aromatic N) is 3. The molecule has 2 spiro atoms. The lowest BCUT2D eigenvalue weighted by Gasteiger charge is -2.40. The van der Waals surface area contributed by atoms with Gasteiger partial charge in [-0.15, -0.1) is 0 Å². The quantitative estimate of drug-likeness (QED) is 0.399. The highest BCUT2D eigenvalue weighted by Gasteiger charge is 2.44. The largest absolute Gasteiger partial charge is 0.444 e. The van der Waals surface area contributed by atoms with Crippen LogP contribution < -0.4 is 10.2 Å². The zero-order valence-electron chi connectivity index (χ0n) is 26.1. The zero-order chi connectivity index (χ0) is 29.9. The van der Waals surface area contributed by atoms with Crippen LogP contribution in [0.3, 0.4) is 0 Å². The summed E-state index contributed by atoms with van der Waals surface area (Å²) in [6, 6.07) is 8.03. The fraction of sp³-hybridized carbons (Fsp3) is 0.750. The van der Waals surface area contributed by atoms with E-state index in [0.29, 0.717) is 5.41 Å². The van der Waals surface area contributed by atoms with Crippen LogP contribution in [0.1, 0.15) is 80.1 Å². The highest BCUT2D eigenvalue weighted by Crippen LogP contribution is 2.42. The molecule has 4 saturated heterocycles. The minimum Gasteiger partial charge on any atom is -0.444 e. The van der Waals surface area contributed by atoms with Gasteiger partial charge in [-0.1, -0.05) is 23.7 Å². The molecule has 41 heavy (non-hydrogen) atoms. The van der Waals surface area contributed by atoms with E-state index in [2.05, 4.69) is 16.3 Å². The first-order valence-electron chi connectivity index (χ1n) is 15.3. The fourth-order valence-electron chi connectivity index (χ4n) is 6.54. The van der Waals surface area contributed by atoms with Crippen molar-refractivity contribution >= 4 is 29.5 Å². The molecule has 0 atom stereocenters. The Morgan fingerprint density at radius 3 is 1.63 bits per heavy atom. The number of para-hydroxylation sites is 1. The molecule has 1 aromatic rings. The molecule has 0 saturated carbocycles. The average Bonchev–Trinajstić information content (AvgIpc) is 3.49. The predicted octanol–water partition coefficient (Wildman–Crippen LogP) is 6.56. The van der Waals surface area contributed by atoms with Crippen molar-refractivity contribution < 1.29 is 19.1 Å². The number of hydrogen-bond acceptors (Lipinski definition) is 6. The average molecular weight is 591 g/mol. The van der Waals surface area contributed by atoms with Crippen LogP contribution in [-0.2, 0) is 9.47 Å². The lowest BCUT2D eigenvalue weighted by atomic mass is 9.77. The van der Waals surface area contributed by atoms with Crippen molar-refractivity contribution in [2.45, 2.75) is 91.3 Å². The molecular weight excluding hydrogens is 540 g/mol. The second kappa shape index (κ2) is 12.6. The van der Waals surface area contributed by atoms with Gasteiger partial charge in [0.2, 0.25) is 0 Å². The Morgan fingerprint density at radius 2 is 1.17 bits per heavy atom. The standard InChI is InChI=1S/C19H27ClN2O2.C13H24N2O2/c1-18(2,3)24-17(23)22-13-10-19(14-22)8-11-21(12-9-19)16-7-5-4-6-15(16)20;1-12(2,3)17-11(16)15-9-6-13(10-15)4-7-14-8-5-13/h4-7H,8-14H2,1-3H3;14H,4-10H2,1-3H3. The minimum atomic E-state index is -0.430. The maximum absolute atomic E-state index is 12.3. The zero-order valence-corrected chi connectivity index (χ0v) is 26.8. The topological polar surface area (TPSA) is 74.4 Å². The van der Waals surface area contributed by atoms with Crippen molar-refractivity contribution in [2.75, 3.05) is 57.3 Å². The summed E-state index contributed by atoms with van der Waals surface area (Å²) in [6.07, 6.45) is 6.45. The summed E-state index contributed by atoms with van der Waals surface area (Å²) in [5.74, 6) is 0. The Hall–Kier alpha value is -2.19. The molecule has 8 nitrogen and oxygen atoms in total. The molecule has 4 fully saturated rings. The Kier molecular flexibility index (Phi) is 9.74. The maximum Gasteiger partial charge on any atom is 0.410 e. The molecule has 4 aliphatic rings. The van der Waals surface area contributed by atoms with Gasteiger partial charge in [-0.3, -0.25) is 0 Å². The van der Waals surface area contributed by atoms with Crippen LogP contribution in [-0.4, -0.2) is 85.5 Å². The van der Waals surface area contributed by atoms with Crippen LogP contribution in [0, 0.1) is 10.8 Å². The van der Waals surface area contributed by atoms with Gasteiger partial charge in [0.1, 0.15) is 11.2 Å². The molecule has 0 aromatic heterocycles. The molecule has 0 unspecified atom stereocenters. The molecule has 4 aliphatic heterocycles. The molecule has 5 rings (SSSR count). The highest BCUT2D eigenvalue weighted by molar-refractivity contribution is 6.33. The van der Waals surface area contributed by atoms with Crippen LogP contribution in [0.4, 0.5) is 15.3 Å². The summed E-state index contributed by atoms with van der Waals surface area (Å²) in [7, 11) is 0. The number of carbonyl (C=O) groups excluding carboxylic acids is 2. The number of halogens is 1. The predicted molar refractivity (Wildman–Crippen MR) is 165 cm³/mol. The fourth-order valence-corrected chi connectivity index (χ4v) is 6.79. The highest BCUT2D eigenvalue weighted by atomic mass is 35.5. The number of benzene rings is 1. The third-order valence-corrected chi connectivity index (χ3v) is 9.18. The number of carbonyl (C=O) groups is 2. The molecule has 1 aromatic carbocycles. The number of likely N-dealkylation sites (tertiary alicyclic amines) is 2. The van der Waals surface area contributed by atoms with Crippen LogP contribution >= 0.6 is 11.6 Å². The monoisotopic (exact) mass is 590 g/mol. The smallest absolute Gasteiger partial charge is 0.410 e. The van der Waals surface area contributed by atoms with Gasteiger partial charge in [0.15, 0.2) is 0 Å². The second-order valence-corrected chi connectivity index (χ2v) is 14.9. The first-order valence-corrected chi connectivity index (χ1v) is 15.7. The van der Waals surface area contributed by atoms with E-state index in [1.807, 2.05) is 69.5 Å². The van der Waals surface area contributed by atoms with Crippen molar-refractivity contribution in [3.63, 3.8) is 0 Å². The van der Waals surface area contributed by atoms with Crippen LogP contribution in [0.15, 0.2) is 24.3 Å². The van der Waals surface area contributed by atoms with Gasteiger partial charge in [-0.2, -0.15) is 0 Å². The first-order chi connectivity index (χ1) is 19.2. The van der Waals surface area contributed by atoms with E-state index in [4.69, 9.17) is 21.1 Å². The second-order valence-electron chi connectivity index (χ2n) is 14.5. The summed E-state index contributed by atoms with van der Waals surface area (Å²) in [5.41, 5.74) is 0.911. The van der Waals surface area contributed by atoms with E-state index in [1.165, 1.54) is 12.8 Å². The SMILES string of the molecule is CC(C)(C)OC(=O)N1CCC2(CCN(c3ccccc3Cl)CC2)C1.CC(C)(C)OC(=O)N1CCC2(CCNCC2)C1. The van der Waals surface area contributed by atoms with E-state index in [-0.39, 0.29) is 23.2 Å². The van der Waals surface area contributed by atoms with Gasteiger partial charge in [0.25, 0.3) is 0 Å². The Balaban J connectivity index is 0.000000201. The van der Waals surface area contributed by atoms with Crippen molar-refractivity contribution in [3.05, 3.63) is 29.3 Å². The number of hydrogen-bond donors (Lipinski definition) is 1. The first kappa shape index (κ1) is 31.7. The van der Waals surface area contributed by atoms with Gasteiger partial charge in [-0.25, -0.2) is 9.59 Å². The van der Waals surface area contributed by atoms with E-state index < -0.39 is 5.60 Å². The number of ether oxygens (including phenoxy) is 2. The lowest BCUT2D eigenvalue weighted by Crippen LogP contribution is -2.43. The number of amides is 2. The molecule has 2 amide bonds. The normalized spacial score (nSPS) is 22.0.